The van der Waals surface area contributed by atoms with Gasteiger partial charge in [-0.15, -0.1) is 0 Å². The van der Waals surface area contributed by atoms with E-state index in [1.54, 1.807) is 0 Å². The van der Waals surface area contributed by atoms with Crippen LogP contribution in [-0.2, 0) is 19.0 Å². The molecule has 0 saturated carbocycles. The molecule has 4 N–H and O–H groups in total. The molecule has 0 radical (unpaired) electrons. The van der Waals surface area contributed by atoms with Crippen molar-refractivity contribution in [1.29, 1.82) is 5.41 Å². The topological polar surface area (TPSA) is 107 Å². The molecular formula is C9H18IN3O4. The normalized spacial score (nSPS) is 9.94. The summed E-state index contributed by atoms with van der Waals surface area (Å²) in [4.78, 5) is 10.7. The summed E-state index contributed by atoms with van der Waals surface area (Å²) < 4.78 is 15.5. The average Bonchev–Trinajstić information content (AvgIpc) is 2.30. The van der Waals surface area contributed by atoms with Gasteiger partial charge in [0.25, 0.3) is 0 Å². The molecule has 0 saturated heterocycles. The highest BCUT2D eigenvalue weighted by Crippen LogP contribution is 1.86. The van der Waals surface area contributed by atoms with Crippen molar-refractivity contribution in [2.45, 2.75) is 0 Å². The molecule has 0 fully saturated rings. The molecule has 0 aliphatic carbocycles. The van der Waals surface area contributed by atoms with Crippen molar-refractivity contribution in [1.82, 2.24) is 5.32 Å². The van der Waals surface area contributed by atoms with Crippen LogP contribution in [0.15, 0.2) is 0 Å². The fraction of sp³-hybridized carbons (Fsp3) is 0.778. The van der Waals surface area contributed by atoms with Crippen LogP contribution in [0, 0.1) is 5.41 Å². The molecule has 0 heterocycles. The number of nitrogens with one attached hydrogen (secondary N) is 2. The van der Waals surface area contributed by atoms with Crippen molar-refractivity contribution in [3.05, 3.63) is 0 Å². The van der Waals surface area contributed by atoms with Gasteiger partial charge in [0.15, 0.2) is 5.96 Å². The molecule has 100 valence electrons. The van der Waals surface area contributed by atoms with E-state index in [0.717, 1.165) is 0 Å². The van der Waals surface area contributed by atoms with Crippen LogP contribution in [0.3, 0.4) is 0 Å². The Morgan fingerprint density at radius 2 is 1.76 bits per heavy atom. The first-order valence-electron chi connectivity index (χ1n) is 5.11. The summed E-state index contributed by atoms with van der Waals surface area (Å²) in [6, 6.07) is 0. The first-order chi connectivity index (χ1) is 8.16. The predicted molar refractivity (Wildman–Crippen MR) is 71.4 cm³/mol. The number of alkyl halides is 1. The van der Waals surface area contributed by atoms with Gasteiger partial charge in [0, 0.05) is 6.54 Å². The summed E-state index contributed by atoms with van der Waals surface area (Å²) in [6.45, 7) is 2.52. The number of hydrogen-bond acceptors (Lipinski definition) is 5. The minimum Gasteiger partial charge on any atom is -0.463 e. The Morgan fingerprint density at radius 1 is 1.18 bits per heavy atom. The first-order valence-corrected chi connectivity index (χ1v) is 6.64. The third-order valence-corrected chi connectivity index (χ3v) is 2.16. The summed E-state index contributed by atoms with van der Waals surface area (Å²) in [5, 5.41) is 9.49. The van der Waals surface area contributed by atoms with Crippen molar-refractivity contribution >= 4 is 34.5 Å². The zero-order valence-electron chi connectivity index (χ0n) is 9.54. The van der Waals surface area contributed by atoms with E-state index in [4.69, 9.17) is 25.4 Å². The van der Waals surface area contributed by atoms with Gasteiger partial charge < -0.3 is 25.3 Å². The summed E-state index contributed by atoms with van der Waals surface area (Å²) in [6.07, 6.45) is 0. The van der Waals surface area contributed by atoms with Crippen LogP contribution in [0.2, 0.25) is 0 Å². The standard InChI is InChI=1S/C9H18IN3O4/c10-7-8(14)17-6-5-16-4-3-15-2-1-13-9(11)12/h1-7H2,(H4,11,12,13). The van der Waals surface area contributed by atoms with Gasteiger partial charge in [-0.25, -0.2) is 0 Å². The molecule has 0 aromatic heterocycles. The number of hydrogen-bond donors (Lipinski definition) is 3. The number of esters is 1. The van der Waals surface area contributed by atoms with E-state index in [2.05, 4.69) is 5.32 Å². The molecule has 17 heavy (non-hydrogen) atoms. The molecule has 0 aliphatic heterocycles. The Balaban J connectivity index is 3.03. The largest absolute Gasteiger partial charge is 0.463 e. The Labute approximate surface area is 114 Å². The van der Waals surface area contributed by atoms with Crippen molar-refractivity contribution in [2.24, 2.45) is 5.73 Å². The Morgan fingerprint density at radius 3 is 2.35 bits per heavy atom. The van der Waals surface area contributed by atoms with Gasteiger partial charge in [-0.05, 0) is 0 Å². The second-order valence-electron chi connectivity index (χ2n) is 2.92. The maximum Gasteiger partial charge on any atom is 0.315 e. The molecule has 0 bridgehead atoms. The number of carbonyl (C=O) groups is 1. The van der Waals surface area contributed by atoms with Crippen LogP contribution >= 0.6 is 22.6 Å². The molecule has 0 rings (SSSR count). The Hall–Kier alpha value is -0.610. The fourth-order valence-corrected chi connectivity index (χ4v) is 1.05. The maximum absolute atomic E-state index is 10.7. The molecule has 0 aromatic rings. The minimum absolute atomic E-state index is 0.0677. The van der Waals surface area contributed by atoms with Crippen LogP contribution in [-0.4, -0.2) is 55.9 Å². The summed E-state index contributed by atoms with van der Waals surface area (Å²) >= 11 is 1.94. The van der Waals surface area contributed by atoms with Gasteiger partial charge in [0.1, 0.15) is 6.61 Å². The van der Waals surface area contributed by atoms with E-state index in [0.29, 0.717) is 37.4 Å². The molecule has 8 heteroatoms. The minimum atomic E-state index is -0.235. The lowest BCUT2D eigenvalue weighted by Gasteiger charge is -2.07. The highest BCUT2D eigenvalue weighted by Gasteiger charge is 1.98. The van der Waals surface area contributed by atoms with Gasteiger partial charge in [-0.3, -0.25) is 10.2 Å². The van der Waals surface area contributed by atoms with Gasteiger partial charge in [0.2, 0.25) is 0 Å². The SMILES string of the molecule is N=C(N)NCCOCCOCCOC(=O)CI. The van der Waals surface area contributed by atoms with E-state index >= 15 is 0 Å². The van der Waals surface area contributed by atoms with E-state index < -0.39 is 0 Å². The van der Waals surface area contributed by atoms with Crippen molar-refractivity contribution in [3.63, 3.8) is 0 Å². The third kappa shape index (κ3) is 13.3. The fourth-order valence-electron chi connectivity index (χ4n) is 0.833. The van der Waals surface area contributed by atoms with E-state index in [1.165, 1.54) is 0 Å². The molecule has 0 spiro atoms. The van der Waals surface area contributed by atoms with Crippen LogP contribution in [0.5, 0.6) is 0 Å². The summed E-state index contributed by atoms with van der Waals surface area (Å²) in [5.74, 6) is -0.303. The highest BCUT2D eigenvalue weighted by molar-refractivity contribution is 14.1. The number of carbonyl (C=O) groups excluding carboxylic acids is 1. The third-order valence-electron chi connectivity index (χ3n) is 1.53. The van der Waals surface area contributed by atoms with Crippen molar-refractivity contribution < 1.29 is 19.0 Å². The number of rotatable bonds is 10. The molecule has 0 unspecified atom stereocenters. The number of nitrogens with two attached hydrogens (primary N) is 1. The van der Waals surface area contributed by atoms with E-state index in [-0.39, 0.29) is 18.5 Å². The van der Waals surface area contributed by atoms with Gasteiger partial charge in [-0.1, -0.05) is 22.6 Å². The second-order valence-corrected chi connectivity index (χ2v) is 3.68. The van der Waals surface area contributed by atoms with Crippen LogP contribution < -0.4 is 11.1 Å². The molecule has 0 atom stereocenters. The van der Waals surface area contributed by atoms with Crippen LogP contribution in [0.4, 0.5) is 0 Å². The number of ether oxygens (including phenoxy) is 3. The molecule has 0 amide bonds. The lowest BCUT2D eigenvalue weighted by Crippen LogP contribution is -2.33. The number of guanidine groups is 1. The quantitative estimate of drug-likeness (QED) is 0.121. The molecule has 7 nitrogen and oxygen atoms in total. The Kier molecular flexibility index (Phi) is 11.4. The smallest absolute Gasteiger partial charge is 0.315 e. The highest BCUT2D eigenvalue weighted by atomic mass is 127. The van der Waals surface area contributed by atoms with Crippen molar-refractivity contribution in [2.75, 3.05) is 44.0 Å². The first kappa shape index (κ1) is 16.4. The van der Waals surface area contributed by atoms with E-state index in [9.17, 15) is 4.79 Å². The van der Waals surface area contributed by atoms with Crippen molar-refractivity contribution in [3.8, 4) is 0 Å². The van der Waals surface area contributed by atoms with Crippen LogP contribution in [0.25, 0.3) is 0 Å². The zero-order chi connectivity index (χ0) is 12.9. The van der Waals surface area contributed by atoms with Gasteiger partial charge >= 0.3 is 5.97 Å². The Bertz CT molecular complexity index is 228. The summed E-state index contributed by atoms with van der Waals surface area (Å²) in [7, 11) is 0. The lowest BCUT2D eigenvalue weighted by molar-refractivity contribution is -0.141. The lowest BCUT2D eigenvalue weighted by atomic mass is 10.6. The van der Waals surface area contributed by atoms with Gasteiger partial charge in [0.05, 0.1) is 30.9 Å². The second kappa shape index (κ2) is 11.9. The van der Waals surface area contributed by atoms with Gasteiger partial charge in [-0.2, -0.15) is 0 Å². The van der Waals surface area contributed by atoms with Crippen LogP contribution in [0.1, 0.15) is 0 Å². The molecule has 0 aromatic carbocycles. The number of halogens is 1. The zero-order valence-corrected chi connectivity index (χ0v) is 11.7. The molecule has 0 aliphatic rings. The molecular weight excluding hydrogens is 341 g/mol. The predicted octanol–water partition coefficient (Wildman–Crippen LogP) is -0.519. The van der Waals surface area contributed by atoms with E-state index in [1.807, 2.05) is 22.6 Å². The maximum atomic E-state index is 10.7. The average molecular weight is 359 g/mol. The summed E-state index contributed by atoms with van der Waals surface area (Å²) in [5.41, 5.74) is 5.07. The monoisotopic (exact) mass is 359 g/mol.